The second-order valence-corrected chi connectivity index (χ2v) is 8.51. The van der Waals surface area contributed by atoms with E-state index in [-0.39, 0.29) is 17.7 Å². The normalized spacial score (nSPS) is 19.8. The Labute approximate surface area is 160 Å². The molecule has 3 atom stereocenters. The molecule has 0 aromatic rings. The first-order valence-corrected chi connectivity index (χ1v) is 9.92. The van der Waals surface area contributed by atoms with E-state index >= 15 is 0 Å². The van der Waals surface area contributed by atoms with Gasteiger partial charge in [-0.3, -0.25) is 4.79 Å². The first-order chi connectivity index (χ1) is 12.2. The molecule has 150 valence electrons. The molecule has 4 heteroatoms. The summed E-state index contributed by atoms with van der Waals surface area (Å²) in [5, 5.41) is 0. The van der Waals surface area contributed by atoms with Crippen LogP contribution in [-0.4, -0.2) is 26.0 Å². The Bertz CT molecular complexity index is 485. The summed E-state index contributed by atoms with van der Waals surface area (Å²) in [6, 6.07) is 0. The predicted octanol–water partition coefficient (Wildman–Crippen LogP) is 5.49. The highest BCUT2D eigenvalue weighted by Gasteiger charge is 2.33. The SMILES string of the molecule is CCC(OCCCC(=O)OC)OC1=CCC(C(C(C)C)C(C)(C)C)C=C1. The summed E-state index contributed by atoms with van der Waals surface area (Å²) in [7, 11) is 1.40. The molecule has 1 aliphatic carbocycles. The van der Waals surface area contributed by atoms with Crippen LogP contribution in [0.5, 0.6) is 0 Å². The molecule has 0 heterocycles. The lowest BCUT2D eigenvalue weighted by Crippen LogP contribution is -2.32. The van der Waals surface area contributed by atoms with Gasteiger partial charge in [0.15, 0.2) is 6.29 Å². The molecular formula is C22H38O4. The zero-order chi connectivity index (χ0) is 19.7. The highest BCUT2D eigenvalue weighted by Crippen LogP contribution is 2.41. The highest BCUT2D eigenvalue weighted by atomic mass is 16.7. The van der Waals surface area contributed by atoms with Gasteiger partial charge in [-0.15, -0.1) is 0 Å². The quantitative estimate of drug-likeness (QED) is 0.291. The van der Waals surface area contributed by atoms with Crippen molar-refractivity contribution in [2.45, 2.75) is 73.5 Å². The minimum atomic E-state index is -0.274. The van der Waals surface area contributed by atoms with Crippen LogP contribution in [0.2, 0.25) is 0 Å². The van der Waals surface area contributed by atoms with Gasteiger partial charge in [-0.2, -0.15) is 0 Å². The molecule has 1 rings (SSSR count). The van der Waals surface area contributed by atoms with Gasteiger partial charge in [-0.05, 0) is 48.2 Å². The van der Waals surface area contributed by atoms with Gasteiger partial charge >= 0.3 is 5.97 Å². The van der Waals surface area contributed by atoms with Gasteiger partial charge in [-0.1, -0.05) is 47.6 Å². The number of ether oxygens (including phenoxy) is 3. The summed E-state index contributed by atoms with van der Waals surface area (Å²) >= 11 is 0. The fourth-order valence-corrected chi connectivity index (χ4v) is 4.03. The number of rotatable bonds is 10. The Morgan fingerprint density at radius 2 is 2.00 bits per heavy atom. The van der Waals surface area contributed by atoms with Crippen molar-refractivity contribution in [3.8, 4) is 0 Å². The third-order valence-electron chi connectivity index (χ3n) is 4.94. The average Bonchev–Trinajstić information content (AvgIpc) is 2.57. The van der Waals surface area contributed by atoms with Crippen molar-refractivity contribution in [1.29, 1.82) is 0 Å². The number of hydrogen-bond donors (Lipinski definition) is 0. The molecule has 0 N–H and O–H groups in total. The van der Waals surface area contributed by atoms with Crippen LogP contribution >= 0.6 is 0 Å². The lowest BCUT2D eigenvalue weighted by atomic mass is 9.66. The monoisotopic (exact) mass is 366 g/mol. The van der Waals surface area contributed by atoms with Crippen molar-refractivity contribution in [3.05, 3.63) is 24.0 Å². The van der Waals surface area contributed by atoms with Crippen molar-refractivity contribution in [1.82, 2.24) is 0 Å². The van der Waals surface area contributed by atoms with Crippen LogP contribution in [0.4, 0.5) is 0 Å². The van der Waals surface area contributed by atoms with Crippen LogP contribution in [0.15, 0.2) is 24.0 Å². The smallest absolute Gasteiger partial charge is 0.305 e. The molecule has 26 heavy (non-hydrogen) atoms. The number of methoxy groups -OCH3 is 1. The van der Waals surface area contributed by atoms with Gasteiger partial charge in [-0.25, -0.2) is 0 Å². The zero-order valence-corrected chi connectivity index (χ0v) is 17.7. The summed E-state index contributed by atoms with van der Waals surface area (Å²) in [5.41, 5.74) is 0.282. The summed E-state index contributed by atoms with van der Waals surface area (Å²) in [4.78, 5) is 11.1. The average molecular weight is 367 g/mol. The first kappa shape index (κ1) is 22.8. The maximum absolute atomic E-state index is 11.1. The minimum absolute atomic E-state index is 0.204. The van der Waals surface area contributed by atoms with Gasteiger partial charge in [0.05, 0.1) is 13.7 Å². The number of hydrogen-bond acceptors (Lipinski definition) is 4. The number of carbonyl (C=O) groups is 1. The van der Waals surface area contributed by atoms with Crippen molar-refractivity contribution in [3.63, 3.8) is 0 Å². The fraction of sp³-hybridized carbons (Fsp3) is 0.773. The van der Waals surface area contributed by atoms with Crippen molar-refractivity contribution >= 4 is 5.97 Å². The molecule has 0 amide bonds. The summed E-state index contributed by atoms with van der Waals surface area (Å²) in [6.07, 6.45) is 9.10. The van der Waals surface area contributed by atoms with Crippen molar-refractivity contribution in [2.75, 3.05) is 13.7 Å². The zero-order valence-electron chi connectivity index (χ0n) is 17.7. The molecule has 0 aromatic carbocycles. The molecule has 0 aromatic heterocycles. The Balaban J connectivity index is 2.50. The first-order valence-electron chi connectivity index (χ1n) is 9.92. The van der Waals surface area contributed by atoms with Gasteiger partial charge < -0.3 is 14.2 Å². The van der Waals surface area contributed by atoms with E-state index in [0.29, 0.717) is 37.2 Å². The summed E-state index contributed by atoms with van der Waals surface area (Å²) < 4.78 is 16.4. The van der Waals surface area contributed by atoms with E-state index in [1.165, 1.54) is 7.11 Å². The maximum Gasteiger partial charge on any atom is 0.305 e. The Kier molecular flexibility index (Phi) is 9.42. The van der Waals surface area contributed by atoms with Crippen LogP contribution in [-0.2, 0) is 19.0 Å². The van der Waals surface area contributed by atoms with Gasteiger partial charge in [0.2, 0.25) is 0 Å². The highest BCUT2D eigenvalue weighted by molar-refractivity contribution is 5.68. The topological polar surface area (TPSA) is 44.8 Å². The van der Waals surface area contributed by atoms with Crippen molar-refractivity contribution in [2.24, 2.45) is 23.2 Å². The molecule has 0 bridgehead atoms. The second-order valence-electron chi connectivity index (χ2n) is 8.51. The second kappa shape index (κ2) is 10.8. The lowest BCUT2D eigenvalue weighted by molar-refractivity contribution is -0.143. The standard InChI is InChI=1S/C22H38O4/c1-8-20(25-15-9-10-19(23)24-7)26-18-13-11-17(12-14-18)21(16(2)3)22(4,5)6/h11,13-14,16-17,20-21H,8-10,12,15H2,1-7H3. The third kappa shape index (κ3) is 7.53. The van der Waals surface area contributed by atoms with Crippen LogP contribution < -0.4 is 0 Å². The largest absolute Gasteiger partial charge is 0.469 e. The van der Waals surface area contributed by atoms with E-state index < -0.39 is 0 Å². The van der Waals surface area contributed by atoms with Crippen LogP contribution in [0.1, 0.15) is 67.2 Å². The molecule has 3 unspecified atom stereocenters. The van der Waals surface area contributed by atoms with Gasteiger partial charge in [0, 0.05) is 12.8 Å². The Morgan fingerprint density at radius 1 is 1.31 bits per heavy atom. The van der Waals surface area contributed by atoms with E-state index in [1.54, 1.807) is 0 Å². The number of allylic oxidation sites excluding steroid dienone is 3. The van der Waals surface area contributed by atoms with E-state index in [0.717, 1.165) is 18.6 Å². The summed E-state index contributed by atoms with van der Waals surface area (Å²) in [6.45, 7) is 14.1. The summed E-state index contributed by atoms with van der Waals surface area (Å²) in [5.74, 6) is 2.50. The van der Waals surface area contributed by atoms with Crippen LogP contribution in [0.25, 0.3) is 0 Å². The molecule has 0 saturated heterocycles. The fourth-order valence-electron chi connectivity index (χ4n) is 4.03. The van der Waals surface area contributed by atoms with E-state index in [4.69, 9.17) is 9.47 Å². The number of esters is 1. The van der Waals surface area contributed by atoms with Crippen molar-refractivity contribution < 1.29 is 19.0 Å². The molecule has 0 radical (unpaired) electrons. The predicted molar refractivity (Wildman–Crippen MR) is 105 cm³/mol. The molecule has 4 nitrogen and oxygen atoms in total. The molecule has 0 spiro atoms. The molecule has 0 saturated carbocycles. The van der Waals surface area contributed by atoms with E-state index in [2.05, 4.69) is 57.6 Å². The molecule has 0 fully saturated rings. The Hall–Kier alpha value is -1.29. The molecular weight excluding hydrogens is 328 g/mol. The maximum atomic E-state index is 11.1. The van der Waals surface area contributed by atoms with Gasteiger partial charge in [0.25, 0.3) is 0 Å². The Morgan fingerprint density at radius 3 is 2.46 bits per heavy atom. The number of carbonyl (C=O) groups excluding carboxylic acids is 1. The van der Waals surface area contributed by atoms with Crippen LogP contribution in [0, 0.1) is 23.2 Å². The van der Waals surface area contributed by atoms with E-state index in [9.17, 15) is 4.79 Å². The van der Waals surface area contributed by atoms with E-state index in [1.807, 2.05) is 6.92 Å². The lowest BCUT2D eigenvalue weighted by Gasteiger charge is -2.39. The molecule has 1 aliphatic rings. The molecule has 0 aliphatic heterocycles. The third-order valence-corrected chi connectivity index (χ3v) is 4.94. The van der Waals surface area contributed by atoms with Crippen LogP contribution in [0.3, 0.4) is 0 Å². The van der Waals surface area contributed by atoms with Gasteiger partial charge in [0.1, 0.15) is 5.76 Å². The minimum Gasteiger partial charge on any atom is -0.469 e.